The molecule has 0 spiro atoms. The quantitative estimate of drug-likeness (QED) is 0.725. The van der Waals surface area contributed by atoms with E-state index in [9.17, 15) is 4.79 Å². The molecule has 0 saturated carbocycles. The van der Waals surface area contributed by atoms with Crippen LogP contribution in [0.15, 0.2) is 48.7 Å². The number of hydrogen-bond acceptors (Lipinski definition) is 3. The van der Waals surface area contributed by atoms with E-state index in [-0.39, 0.29) is 12.1 Å². The minimum atomic E-state index is -0.145. The summed E-state index contributed by atoms with van der Waals surface area (Å²) < 4.78 is 2.05. The van der Waals surface area contributed by atoms with Crippen molar-refractivity contribution in [3.8, 4) is 11.4 Å². The third kappa shape index (κ3) is 3.96. The molecule has 130 valence electrons. The maximum atomic E-state index is 11.9. The number of urea groups is 1. The first-order chi connectivity index (χ1) is 12.2. The first-order valence-corrected chi connectivity index (χ1v) is 8.60. The molecule has 3 aromatic rings. The van der Waals surface area contributed by atoms with Crippen LogP contribution >= 0.6 is 0 Å². The van der Waals surface area contributed by atoms with Crippen molar-refractivity contribution in [2.24, 2.45) is 0 Å². The Kier molecular flexibility index (Phi) is 5.28. The SMILES string of the molecule is CC[C@@H](C)NC(=O)NCCn1c(-c2ccccc2)nc2cccnc21. The second-order valence-electron chi connectivity index (χ2n) is 6.01. The monoisotopic (exact) mass is 337 g/mol. The maximum Gasteiger partial charge on any atom is 0.315 e. The summed E-state index contributed by atoms with van der Waals surface area (Å²) >= 11 is 0. The normalized spacial score (nSPS) is 12.1. The number of benzene rings is 1. The van der Waals surface area contributed by atoms with Gasteiger partial charge in [0.2, 0.25) is 0 Å². The highest BCUT2D eigenvalue weighted by molar-refractivity contribution is 5.77. The van der Waals surface area contributed by atoms with Gasteiger partial charge in [0.15, 0.2) is 5.65 Å². The van der Waals surface area contributed by atoms with Crippen molar-refractivity contribution in [1.29, 1.82) is 0 Å². The summed E-state index contributed by atoms with van der Waals surface area (Å²) in [6, 6.07) is 13.9. The molecule has 6 heteroatoms. The van der Waals surface area contributed by atoms with Crippen molar-refractivity contribution in [2.45, 2.75) is 32.9 Å². The van der Waals surface area contributed by atoms with E-state index in [2.05, 4.69) is 15.6 Å². The van der Waals surface area contributed by atoms with Crippen LogP contribution in [0.5, 0.6) is 0 Å². The Morgan fingerprint density at radius 3 is 2.76 bits per heavy atom. The van der Waals surface area contributed by atoms with Crippen molar-refractivity contribution < 1.29 is 4.79 Å². The molecule has 1 atom stereocenters. The van der Waals surface area contributed by atoms with E-state index in [0.717, 1.165) is 29.0 Å². The van der Waals surface area contributed by atoms with E-state index in [1.165, 1.54) is 0 Å². The summed E-state index contributed by atoms with van der Waals surface area (Å²) in [5, 5.41) is 5.81. The number of rotatable bonds is 6. The zero-order valence-electron chi connectivity index (χ0n) is 14.6. The predicted molar refractivity (Wildman–Crippen MR) is 99.3 cm³/mol. The van der Waals surface area contributed by atoms with Crippen LogP contribution in [0.1, 0.15) is 20.3 Å². The van der Waals surface area contributed by atoms with E-state index in [4.69, 9.17) is 4.98 Å². The topological polar surface area (TPSA) is 71.8 Å². The number of nitrogens with zero attached hydrogens (tertiary/aromatic N) is 3. The molecule has 0 saturated heterocycles. The number of fused-ring (bicyclic) bond motifs is 1. The van der Waals surface area contributed by atoms with Crippen molar-refractivity contribution in [3.05, 3.63) is 48.7 Å². The van der Waals surface area contributed by atoms with Gasteiger partial charge in [0.25, 0.3) is 0 Å². The Morgan fingerprint density at radius 1 is 1.20 bits per heavy atom. The molecule has 25 heavy (non-hydrogen) atoms. The third-order valence-electron chi connectivity index (χ3n) is 4.15. The lowest BCUT2D eigenvalue weighted by Crippen LogP contribution is -2.41. The Balaban J connectivity index is 1.79. The first-order valence-electron chi connectivity index (χ1n) is 8.60. The summed E-state index contributed by atoms with van der Waals surface area (Å²) in [7, 11) is 0. The Hall–Kier alpha value is -2.89. The molecular weight excluding hydrogens is 314 g/mol. The summed E-state index contributed by atoms with van der Waals surface area (Å²) in [4.78, 5) is 21.1. The number of amides is 2. The molecule has 0 aliphatic carbocycles. The van der Waals surface area contributed by atoms with Gasteiger partial charge in [0, 0.05) is 30.9 Å². The molecule has 3 rings (SSSR count). The molecule has 0 aliphatic rings. The average molecular weight is 337 g/mol. The number of aromatic nitrogens is 3. The fourth-order valence-corrected chi connectivity index (χ4v) is 2.64. The molecule has 6 nitrogen and oxygen atoms in total. The molecule has 0 aliphatic heterocycles. The van der Waals surface area contributed by atoms with E-state index < -0.39 is 0 Å². The number of nitrogens with one attached hydrogen (secondary N) is 2. The number of carbonyl (C=O) groups excluding carboxylic acids is 1. The van der Waals surface area contributed by atoms with Crippen LogP contribution in [0.3, 0.4) is 0 Å². The van der Waals surface area contributed by atoms with Crippen LogP contribution in [-0.2, 0) is 6.54 Å². The predicted octanol–water partition coefficient (Wildman–Crippen LogP) is 3.20. The lowest BCUT2D eigenvalue weighted by molar-refractivity contribution is 0.237. The van der Waals surface area contributed by atoms with Crippen LogP contribution < -0.4 is 10.6 Å². The van der Waals surface area contributed by atoms with E-state index >= 15 is 0 Å². The second-order valence-corrected chi connectivity index (χ2v) is 6.01. The smallest absolute Gasteiger partial charge is 0.315 e. The highest BCUT2D eigenvalue weighted by Gasteiger charge is 2.13. The van der Waals surface area contributed by atoms with Crippen LogP contribution in [0.2, 0.25) is 0 Å². The number of carbonyl (C=O) groups is 1. The molecular formula is C19H23N5O. The average Bonchev–Trinajstić information content (AvgIpc) is 3.01. The Labute approximate surface area is 147 Å². The van der Waals surface area contributed by atoms with Crippen LogP contribution in [0.25, 0.3) is 22.6 Å². The number of hydrogen-bond donors (Lipinski definition) is 2. The van der Waals surface area contributed by atoms with E-state index in [1.54, 1.807) is 6.20 Å². The standard InChI is InChI=1S/C19H23N5O/c1-3-14(2)22-19(25)21-12-13-24-17(15-8-5-4-6-9-15)23-16-10-7-11-20-18(16)24/h4-11,14H,3,12-13H2,1-2H3,(H2,21,22,25)/t14-/m1/s1. The van der Waals surface area contributed by atoms with Gasteiger partial charge in [-0.05, 0) is 25.5 Å². The van der Waals surface area contributed by atoms with Gasteiger partial charge in [-0.15, -0.1) is 0 Å². The summed E-state index contributed by atoms with van der Waals surface area (Å²) in [6.07, 6.45) is 2.67. The minimum Gasteiger partial charge on any atom is -0.336 e. The van der Waals surface area contributed by atoms with Crippen LogP contribution in [0, 0.1) is 0 Å². The highest BCUT2D eigenvalue weighted by atomic mass is 16.2. The van der Waals surface area contributed by atoms with Crippen molar-refractivity contribution in [1.82, 2.24) is 25.2 Å². The number of imidazole rings is 1. The molecule has 0 radical (unpaired) electrons. The van der Waals surface area contributed by atoms with Gasteiger partial charge in [-0.3, -0.25) is 0 Å². The summed E-state index contributed by atoms with van der Waals surface area (Å²) in [5.74, 6) is 0.860. The first kappa shape index (κ1) is 17.0. The van der Waals surface area contributed by atoms with Gasteiger partial charge in [-0.2, -0.15) is 0 Å². The molecule has 2 aromatic heterocycles. The maximum absolute atomic E-state index is 11.9. The fraction of sp³-hybridized carbons (Fsp3) is 0.316. The fourth-order valence-electron chi connectivity index (χ4n) is 2.64. The van der Waals surface area contributed by atoms with Gasteiger partial charge < -0.3 is 15.2 Å². The van der Waals surface area contributed by atoms with Crippen LogP contribution in [0.4, 0.5) is 4.79 Å². The highest BCUT2D eigenvalue weighted by Crippen LogP contribution is 2.23. The Bertz CT molecular complexity index is 843. The summed E-state index contributed by atoms with van der Waals surface area (Å²) in [5.41, 5.74) is 2.71. The van der Waals surface area contributed by atoms with Gasteiger partial charge in [-0.1, -0.05) is 37.3 Å². The zero-order valence-corrected chi connectivity index (χ0v) is 14.6. The Morgan fingerprint density at radius 2 is 2.00 bits per heavy atom. The van der Waals surface area contributed by atoms with Gasteiger partial charge >= 0.3 is 6.03 Å². The van der Waals surface area contributed by atoms with Gasteiger partial charge in [0.05, 0.1) is 0 Å². The van der Waals surface area contributed by atoms with Gasteiger partial charge in [-0.25, -0.2) is 14.8 Å². The van der Waals surface area contributed by atoms with Crippen molar-refractivity contribution >= 4 is 17.2 Å². The molecule has 2 amide bonds. The molecule has 0 bridgehead atoms. The molecule has 2 N–H and O–H groups in total. The lowest BCUT2D eigenvalue weighted by atomic mass is 10.2. The number of pyridine rings is 1. The molecule has 0 unspecified atom stereocenters. The zero-order chi connectivity index (χ0) is 17.6. The van der Waals surface area contributed by atoms with E-state index in [1.807, 2.05) is 60.9 Å². The molecule has 2 heterocycles. The van der Waals surface area contributed by atoms with Crippen LogP contribution in [-0.4, -0.2) is 33.2 Å². The van der Waals surface area contributed by atoms with Crippen molar-refractivity contribution in [2.75, 3.05) is 6.54 Å². The molecule has 1 aromatic carbocycles. The van der Waals surface area contributed by atoms with Crippen molar-refractivity contribution in [3.63, 3.8) is 0 Å². The summed E-state index contributed by atoms with van der Waals surface area (Å²) in [6.45, 7) is 5.14. The van der Waals surface area contributed by atoms with Gasteiger partial charge in [0.1, 0.15) is 11.3 Å². The third-order valence-corrected chi connectivity index (χ3v) is 4.15. The largest absolute Gasteiger partial charge is 0.336 e. The lowest BCUT2D eigenvalue weighted by Gasteiger charge is -2.13. The minimum absolute atomic E-state index is 0.145. The second kappa shape index (κ2) is 7.79. The van der Waals surface area contributed by atoms with E-state index in [0.29, 0.717) is 13.1 Å². The molecule has 0 fully saturated rings.